The second-order valence-corrected chi connectivity index (χ2v) is 6.13. The number of carbonyl (C=O) groups excluding carboxylic acids is 1. The molecule has 1 saturated heterocycles. The van der Waals surface area contributed by atoms with Crippen molar-refractivity contribution < 1.29 is 4.79 Å². The normalized spacial score (nSPS) is 17.0. The van der Waals surface area contributed by atoms with Crippen molar-refractivity contribution in [1.29, 1.82) is 0 Å². The van der Waals surface area contributed by atoms with Crippen LogP contribution in [0.15, 0.2) is 30.6 Å². The summed E-state index contributed by atoms with van der Waals surface area (Å²) in [4.78, 5) is 15.8. The minimum Gasteiger partial charge on any atom is -0.316 e. The zero-order valence-corrected chi connectivity index (χ0v) is 13.8. The highest BCUT2D eigenvalue weighted by Crippen LogP contribution is 2.16. The lowest BCUT2D eigenvalue weighted by Crippen LogP contribution is -2.14. The highest BCUT2D eigenvalue weighted by molar-refractivity contribution is 7.09. The number of halogens is 1. The standard InChI is InChI=1S/C15H18N4OS.ClH/c20-14(19-15-17-10-18-21-15)8-12-3-1-11(2-4-12)7-13-5-6-16-9-13;/h1-4,10,13,16H,5-9H2,(H,17,18,19,20);1H. The fourth-order valence-electron chi connectivity index (χ4n) is 2.59. The Labute approximate surface area is 140 Å². The molecule has 0 aliphatic carbocycles. The Bertz CT molecular complexity index is 582. The van der Waals surface area contributed by atoms with E-state index in [1.165, 1.54) is 29.8 Å². The number of anilines is 1. The molecule has 1 fully saturated rings. The Morgan fingerprint density at radius 2 is 2.09 bits per heavy atom. The van der Waals surface area contributed by atoms with Crippen LogP contribution in [0.4, 0.5) is 5.13 Å². The molecule has 0 saturated carbocycles. The van der Waals surface area contributed by atoms with E-state index in [2.05, 4.69) is 32.1 Å². The number of nitrogens with one attached hydrogen (secondary N) is 2. The van der Waals surface area contributed by atoms with Crippen molar-refractivity contribution in [3.8, 4) is 0 Å². The molecule has 1 atom stereocenters. The van der Waals surface area contributed by atoms with E-state index in [9.17, 15) is 4.79 Å². The van der Waals surface area contributed by atoms with E-state index >= 15 is 0 Å². The van der Waals surface area contributed by atoms with Crippen LogP contribution in [0.25, 0.3) is 0 Å². The van der Waals surface area contributed by atoms with E-state index in [-0.39, 0.29) is 18.3 Å². The Morgan fingerprint density at radius 3 is 2.73 bits per heavy atom. The number of hydrogen-bond donors (Lipinski definition) is 2. The van der Waals surface area contributed by atoms with Gasteiger partial charge in [0.15, 0.2) is 0 Å². The first-order valence-corrected chi connectivity index (χ1v) is 7.92. The van der Waals surface area contributed by atoms with Gasteiger partial charge in [0.25, 0.3) is 0 Å². The van der Waals surface area contributed by atoms with Crippen LogP contribution < -0.4 is 10.6 Å². The molecule has 118 valence electrons. The largest absolute Gasteiger partial charge is 0.316 e. The molecule has 1 unspecified atom stereocenters. The smallest absolute Gasteiger partial charge is 0.230 e. The van der Waals surface area contributed by atoms with Crippen LogP contribution in [0.2, 0.25) is 0 Å². The predicted molar refractivity (Wildman–Crippen MR) is 90.6 cm³/mol. The molecule has 0 bridgehead atoms. The van der Waals surface area contributed by atoms with E-state index < -0.39 is 0 Å². The van der Waals surface area contributed by atoms with Crippen LogP contribution in [0.3, 0.4) is 0 Å². The van der Waals surface area contributed by atoms with Crippen LogP contribution in [0.5, 0.6) is 0 Å². The van der Waals surface area contributed by atoms with Crippen molar-refractivity contribution in [2.24, 2.45) is 5.92 Å². The van der Waals surface area contributed by atoms with Gasteiger partial charge in [0.2, 0.25) is 11.0 Å². The Kier molecular flexibility index (Phi) is 6.30. The zero-order chi connectivity index (χ0) is 14.5. The summed E-state index contributed by atoms with van der Waals surface area (Å²) in [7, 11) is 0. The van der Waals surface area contributed by atoms with Gasteiger partial charge in [-0.2, -0.15) is 4.37 Å². The van der Waals surface area contributed by atoms with Gasteiger partial charge in [-0.1, -0.05) is 24.3 Å². The molecule has 5 nitrogen and oxygen atoms in total. The molecule has 22 heavy (non-hydrogen) atoms. The molecule has 1 aromatic heterocycles. The first kappa shape index (κ1) is 16.9. The summed E-state index contributed by atoms with van der Waals surface area (Å²) >= 11 is 1.18. The van der Waals surface area contributed by atoms with Gasteiger partial charge < -0.3 is 10.6 Å². The lowest BCUT2D eigenvalue weighted by atomic mass is 9.97. The van der Waals surface area contributed by atoms with Crippen molar-refractivity contribution in [2.45, 2.75) is 19.3 Å². The maximum Gasteiger partial charge on any atom is 0.230 e. The molecule has 2 aromatic rings. The second-order valence-electron chi connectivity index (χ2n) is 5.35. The van der Waals surface area contributed by atoms with Crippen molar-refractivity contribution >= 4 is 35.0 Å². The van der Waals surface area contributed by atoms with Gasteiger partial charge in [0, 0.05) is 11.5 Å². The molecule has 0 radical (unpaired) electrons. The van der Waals surface area contributed by atoms with E-state index in [1.54, 1.807) is 0 Å². The molecular formula is C15H19ClN4OS. The lowest BCUT2D eigenvalue weighted by molar-refractivity contribution is -0.115. The minimum absolute atomic E-state index is 0. The Hall–Kier alpha value is -1.50. The third kappa shape index (κ3) is 4.76. The molecule has 7 heteroatoms. The summed E-state index contributed by atoms with van der Waals surface area (Å²) in [6.45, 7) is 2.25. The number of nitrogens with zero attached hydrogens (tertiary/aromatic N) is 2. The molecular weight excluding hydrogens is 320 g/mol. The molecule has 0 spiro atoms. The number of aromatic nitrogens is 2. The number of rotatable bonds is 5. The summed E-state index contributed by atoms with van der Waals surface area (Å²) in [6.07, 6.45) is 4.17. The van der Waals surface area contributed by atoms with Gasteiger partial charge in [-0.15, -0.1) is 12.4 Å². The van der Waals surface area contributed by atoms with Crippen molar-refractivity contribution in [3.05, 3.63) is 41.7 Å². The van der Waals surface area contributed by atoms with Crippen molar-refractivity contribution in [3.63, 3.8) is 0 Å². The minimum atomic E-state index is -0.0560. The van der Waals surface area contributed by atoms with E-state index in [1.807, 2.05) is 12.1 Å². The Morgan fingerprint density at radius 1 is 1.32 bits per heavy atom. The second kappa shape index (κ2) is 8.22. The van der Waals surface area contributed by atoms with Crippen LogP contribution in [-0.4, -0.2) is 28.4 Å². The molecule has 1 aliphatic rings. The highest BCUT2D eigenvalue weighted by atomic mass is 35.5. The quantitative estimate of drug-likeness (QED) is 0.877. The summed E-state index contributed by atoms with van der Waals surface area (Å²) in [5, 5.41) is 6.68. The van der Waals surface area contributed by atoms with Crippen molar-refractivity contribution in [1.82, 2.24) is 14.7 Å². The number of hydrogen-bond acceptors (Lipinski definition) is 5. The maximum atomic E-state index is 11.9. The van der Waals surface area contributed by atoms with E-state index in [0.29, 0.717) is 11.6 Å². The summed E-state index contributed by atoms with van der Waals surface area (Å²) in [5.41, 5.74) is 2.36. The molecule has 1 aromatic carbocycles. The van der Waals surface area contributed by atoms with Gasteiger partial charge in [0.05, 0.1) is 6.42 Å². The van der Waals surface area contributed by atoms with Crippen molar-refractivity contribution in [2.75, 3.05) is 18.4 Å². The van der Waals surface area contributed by atoms with Gasteiger partial charge in [-0.25, -0.2) is 4.98 Å². The maximum absolute atomic E-state index is 11.9. The molecule has 1 amide bonds. The topological polar surface area (TPSA) is 66.9 Å². The fourth-order valence-corrected chi connectivity index (χ4v) is 3.04. The molecule has 2 N–H and O–H groups in total. The van der Waals surface area contributed by atoms with Crippen LogP contribution in [-0.2, 0) is 17.6 Å². The van der Waals surface area contributed by atoms with Gasteiger partial charge >= 0.3 is 0 Å². The van der Waals surface area contributed by atoms with E-state index in [4.69, 9.17) is 0 Å². The predicted octanol–water partition coefficient (Wildman–Crippen LogP) is 2.29. The van der Waals surface area contributed by atoms with Gasteiger partial charge in [-0.3, -0.25) is 4.79 Å². The number of carbonyl (C=O) groups is 1. The molecule has 2 heterocycles. The average molecular weight is 339 g/mol. The van der Waals surface area contributed by atoms with E-state index in [0.717, 1.165) is 31.0 Å². The van der Waals surface area contributed by atoms with Crippen LogP contribution >= 0.6 is 23.9 Å². The SMILES string of the molecule is Cl.O=C(Cc1ccc(CC2CCNC2)cc1)Nc1ncns1. The first-order valence-electron chi connectivity index (χ1n) is 7.14. The fraction of sp³-hybridized carbons (Fsp3) is 0.400. The number of benzene rings is 1. The lowest BCUT2D eigenvalue weighted by Gasteiger charge is -2.09. The van der Waals surface area contributed by atoms with Crippen LogP contribution in [0.1, 0.15) is 17.5 Å². The highest BCUT2D eigenvalue weighted by Gasteiger charge is 2.14. The van der Waals surface area contributed by atoms with Crippen LogP contribution in [0, 0.1) is 5.92 Å². The third-order valence-corrected chi connectivity index (χ3v) is 4.26. The average Bonchev–Trinajstić information content (AvgIpc) is 3.14. The zero-order valence-electron chi connectivity index (χ0n) is 12.1. The summed E-state index contributed by atoms with van der Waals surface area (Å²) < 4.78 is 3.85. The third-order valence-electron chi connectivity index (χ3n) is 3.68. The van der Waals surface area contributed by atoms with Gasteiger partial charge in [-0.05, 0) is 43.0 Å². The first-order chi connectivity index (χ1) is 10.3. The summed E-state index contributed by atoms with van der Waals surface area (Å²) in [6, 6.07) is 8.34. The molecule has 3 rings (SSSR count). The van der Waals surface area contributed by atoms with Gasteiger partial charge in [0.1, 0.15) is 6.33 Å². The molecule has 1 aliphatic heterocycles. The monoisotopic (exact) mass is 338 g/mol. The Balaban J connectivity index is 0.00000176. The summed E-state index contributed by atoms with van der Waals surface area (Å²) in [5.74, 6) is 0.691. The number of amides is 1.